The van der Waals surface area contributed by atoms with Gasteiger partial charge in [-0.2, -0.15) is 0 Å². The topological polar surface area (TPSA) is 38.3 Å². The normalized spacial score (nSPS) is 33.0. The molecular formula is C12H19NO2. The van der Waals surface area contributed by atoms with Gasteiger partial charge in [-0.3, -0.25) is 5.32 Å². The Morgan fingerprint density at radius 1 is 1.67 bits per heavy atom. The number of unbranched alkanes of at least 4 members (excludes halogenated alkanes) is 1. The minimum atomic E-state index is -0.489. The van der Waals surface area contributed by atoms with Crippen LogP contribution >= 0.6 is 0 Å². The van der Waals surface area contributed by atoms with Crippen LogP contribution in [0.4, 0.5) is 0 Å². The van der Waals surface area contributed by atoms with E-state index in [1.165, 1.54) is 0 Å². The Labute approximate surface area is 90.9 Å². The minimum Gasteiger partial charge on any atom is -0.464 e. The maximum absolute atomic E-state index is 11.9. The van der Waals surface area contributed by atoms with Crippen molar-refractivity contribution < 1.29 is 9.53 Å². The van der Waals surface area contributed by atoms with Gasteiger partial charge in [0.15, 0.2) is 0 Å². The van der Waals surface area contributed by atoms with Gasteiger partial charge in [-0.15, -0.1) is 0 Å². The highest BCUT2D eigenvalue weighted by Gasteiger charge is 2.45. The minimum absolute atomic E-state index is 0.0885. The highest BCUT2D eigenvalue weighted by Crippen LogP contribution is 2.31. The van der Waals surface area contributed by atoms with E-state index in [4.69, 9.17) is 4.74 Å². The van der Waals surface area contributed by atoms with Gasteiger partial charge in [0.25, 0.3) is 0 Å². The van der Waals surface area contributed by atoms with E-state index >= 15 is 0 Å². The molecule has 15 heavy (non-hydrogen) atoms. The van der Waals surface area contributed by atoms with Crippen molar-refractivity contribution in [2.24, 2.45) is 0 Å². The molecule has 2 heterocycles. The summed E-state index contributed by atoms with van der Waals surface area (Å²) in [6.45, 7) is 2.65. The molecule has 0 spiro atoms. The van der Waals surface area contributed by atoms with Gasteiger partial charge in [-0.25, -0.2) is 4.79 Å². The van der Waals surface area contributed by atoms with Crippen molar-refractivity contribution >= 4 is 5.97 Å². The lowest BCUT2D eigenvalue weighted by Crippen LogP contribution is -2.50. The number of rotatable bonds is 4. The number of hydrogen-bond acceptors (Lipinski definition) is 3. The lowest BCUT2D eigenvalue weighted by molar-refractivity contribution is -0.149. The molecule has 1 N–H and O–H groups in total. The van der Waals surface area contributed by atoms with Crippen LogP contribution in [-0.4, -0.2) is 24.2 Å². The number of fused-ring (bicyclic) bond motifs is 2. The Balaban J connectivity index is 1.94. The molecule has 3 nitrogen and oxygen atoms in total. The lowest BCUT2D eigenvalue weighted by atomic mass is 9.97. The summed E-state index contributed by atoms with van der Waals surface area (Å²) in [6.07, 6.45) is 9.13. The fourth-order valence-electron chi connectivity index (χ4n) is 2.32. The average Bonchev–Trinajstić information content (AvgIpc) is 2.56. The van der Waals surface area contributed by atoms with Crippen LogP contribution < -0.4 is 5.32 Å². The largest absolute Gasteiger partial charge is 0.464 e. The fraction of sp³-hybridized carbons (Fsp3) is 0.750. The molecule has 84 valence electrons. The summed E-state index contributed by atoms with van der Waals surface area (Å²) in [5.74, 6) is -0.0885. The summed E-state index contributed by atoms with van der Waals surface area (Å²) in [6, 6.07) is 0.480. The van der Waals surface area contributed by atoms with Gasteiger partial charge >= 0.3 is 5.97 Å². The summed E-state index contributed by atoms with van der Waals surface area (Å²) in [7, 11) is 0. The molecule has 0 saturated carbocycles. The van der Waals surface area contributed by atoms with Crippen LogP contribution in [0.3, 0.4) is 0 Å². The monoisotopic (exact) mass is 209 g/mol. The smallest absolute Gasteiger partial charge is 0.330 e. The van der Waals surface area contributed by atoms with Gasteiger partial charge in [0.1, 0.15) is 5.54 Å². The Morgan fingerprint density at radius 3 is 3.33 bits per heavy atom. The number of carbonyl (C=O) groups is 1. The molecule has 2 aliphatic heterocycles. The molecule has 2 atom stereocenters. The molecule has 1 saturated heterocycles. The summed E-state index contributed by atoms with van der Waals surface area (Å²) < 4.78 is 5.29. The molecule has 3 heteroatoms. The van der Waals surface area contributed by atoms with Crippen LogP contribution in [0.2, 0.25) is 0 Å². The predicted octanol–water partition coefficient (Wildman–Crippen LogP) is 1.78. The average molecular weight is 209 g/mol. The highest BCUT2D eigenvalue weighted by molar-refractivity contribution is 5.84. The van der Waals surface area contributed by atoms with Crippen molar-refractivity contribution in [3.05, 3.63) is 12.2 Å². The number of nitrogens with one attached hydrogen (secondary N) is 1. The molecular weight excluding hydrogens is 190 g/mol. The van der Waals surface area contributed by atoms with E-state index in [9.17, 15) is 4.79 Å². The van der Waals surface area contributed by atoms with E-state index in [0.29, 0.717) is 12.6 Å². The first-order valence-corrected chi connectivity index (χ1v) is 5.89. The Hall–Kier alpha value is -0.830. The zero-order valence-corrected chi connectivity index (χ0v) is 9.29. The molecule has 2 aliphatic rings. The molecule has 2 bridgehead atoms. The SMILES string of the molecule is CCCCOC(=O)C12C=CCC(CC1)N2. The Bertz CT molecular complexity index is 275. The van der Waals surface area contributed by atoms with E-state index in [1.54, 1.807) is 0 Å². The second kappa shape index (κ2) is 4.35. The lowest BCUT2D eigenvalue weighted by Gasteiger charge is -2.27. The summed E-state index contributed by atoms with van der Waals surface area (Å²) in [4.78, 5) is 11.9. The standard InChI is InChI=1S/C12H19NO2/c1-2-3-9-15-11(14)12-7-4-5-10(13-12)6-8-12/h4,7,10,13H,2-3,5-6,8-9H2,1H3. The van der Waals surface area contributed by atoms with Crippen molar-refractivity contribution in [3.63, 3.8) is 0 Å². The third kappa shape index (κ3) is 2.07. The first kappa shape index (κ1) is 10.7. The van der Waals surface area contributed by atoms with Gasteiger partial charge in [0.2, 0.25) is 0 Å². The zero-order valence-electron chi connectivity index (χ0n) is 9.29. The molecule has 0 aromatic heterocycles. The van der Waals surface area contributed by atoms with E-state index < -0.39 is 5.54 Å². The molecule has 0 aromatic carbocycles. The van der Waals surface area contributed by atoms with Crippen LogP contribution in [0.5, 0.6) is 0 Å². The summed E-state index contributed by atoms with van der Waals surface area (Å²) in [5.41, 5.74) is -0.489. The van der Waals surface area contributed by atoms with Crippen LogP contribution in [0, 0.1) is 0 Å². The third-order valence-electron chi connectivity index (χ3n) is 3.27. The molecule has 1 fully saturated rings. The molecule has 2 rings (SSSR count). The summed E-state index contributed by atoms with van der Waals surface area (Å²) >= 11 is 0. The fourth-order valence-corrected chi connectivity index (χ4v) is 2.32. The van der Waals surface area contributed by atoms with E-state index in [0.717, 1.165) is 32.1 Å². The second-order valence-corrected chi connectivity index (χ2v) is 4.48. The van der Waals surface area contributed by atoms with Crippen LogP contribution in [0.1, 0.15) is 39.0 Å². The second-order valence-electron chi connectivity index (χ2n) is 4.48. The first-order chi connectivity index (χ1) is 7.27. The summed E-state index contributed by atoms with van der Waals surface area (Å²) in [5, 5.41) is 3.37. The highest BCUT2D eigenvalue weighted by atomic mass is 16.5. The molecule has 2 unspecified atom stereocenters. The third-order valence-corrected chi connectivity index (χ3v) is 3.27. The number of ether oxygens (including phenoxy) is 1. The molecule has 0 amide bonds. The van der Waals surface area contributed by atoms with Crippen molar-refractivity contribution in [2.75, 3.05) is 6.61 Å². The van der Waals surface area contributed by atoms with E-state index in [2.05, 4.69) is 18.3 Å². The number of hydrogen-bond donors (Lipinski definition) is 1. The maximum atomic E-state index is 11.9. The molecule has 0 aliphatic carbocycles. The van der Waals surface area contributed by atoms with Gasteiger partial charge in [-0.1, -0.05) is 25.5 Å². The molecule has 0 radical (unpaired) electrons. The molecule has 0 aromatic rings. The van der Waals surface area contributed by atoms with Crippen LogP contribution in [-0.2, 0) is 9.53 Å². The van der Waals surface area contributed by atoms with Gasteiger partial charge < -0.3 is 4.74 Å². The van der Waals surface area contributed by atoms with Crippen molar-refractivity contribution in [1.82, 2.24) is 5.32 Å². The Morgan fingerprint density at radius 2 is 2.53 bits per heavy atom. The number of carbonyl (C=O) groups excluding carboxylic acids is 1. The van der Waals surface area contributed by atoms with E-state index in [-0.39, 0.29) is 5.97 Å². The number of esters is 1. The van der Waals surface area contributed by atoms with Crippen LogP contribution in [0.25, 0.3) is 0 Å². The Kier molecular flexibility index (Phi) is 3.10. The first-order valence-electron chi connectivity index (χ1n) is 5.89. The van der Waals surface area contributed by atoms with Crippen molar-refractivity contribution in [2.45, 2.75) is 50.6 Å². The van der Waals surface area contributed by atoms with Crippen molar-refractivity contribution in [3.8, 4) is 0 Å². The quantitative estimate of drug-likeness (QED) is 0.436. The van der Waals surface area contributed by atoms with Crippen molar-refractivity contribution in [1.29, 1.82) is 0 Å². The van der Waals surface area contributed by atoms with Gasteiger partial charge in [-0.05, 0) is 25.7 Å². The van der Waals surface area contributed by atoms with Crippen LogP contribution in [0.15, 0.2) is 12.2 Å². The van der Waals surface area contributed by atoms with E-state index in [1.807, 2.05) is 6.08 Å². The predicted molar refractivity (Wildman–Crippen MR) is 58.5 cm³/mol. The van der Waals surface area contributed by atoms with Gasteiger partial charge in [0.05, 0.1) is 6.61 Å². The zero-order chi connectivity index (χ0) is 10.7. The maximum Gasteiger partial charge on any atom is 0.330 e. The van der Waals surface area contributed by atoms with Gasteiger partial charge in [0, 0.05) is 6.04 Å².